The summed E-state index contributed by atoms with van der Waals surface area (Å²) in [6, 6.07) is -0.190. The van der Waals surface area contributed by atoms with E-state index in [1.807, 2.05) is 25.7 Å². The third-order valence-corrected chi connectivity index (χ3v) is 3.52. The van der Waals surface area contributed by atoms with E-state index < -0.39 is 0 Å². The number of carbonyl (C=O) groups is 1. The van der Waals surface area contributed by atoms with Gasteiger partial charge in [0.1, 0.15) is 0 Å². The molecule has 0 bridgehead atoms. The molecule has 5 heteroatoms. The van der Waals surface area contributed by atoms with Crippen LogP contribution in [0, 0.1) is 0 Å². The Morgan fingerprint density at radius 2 is 2.30 bits per heavy atom. The van der Waals surface area contributed by atoms with Gasteiger partial charge in [0.05, 0.1) is 18.8 Å². The number of likely N-dealkylation sites (N-methyl/N-ethyl adjacent to an activating group) is 2. The van der Waals surface area contributed by atoms with Crippen LogP contribution in [0.4, 0.5) is 0 Å². The lowest BCUT2D eigenvalue weighted by atomic mass is 10.2. The van der Waals surface area contributed by atoms with Crippen molar-refractivity contribution in [1.82, 2.24) is 15.1 Å². The standard InChI is InChI=1S/C15H29N3O2/c1-6-18(10-12(2)3)15(19)13(4)16-9-14-11-17(5)7-8-20-14/h13-14,16H,2,6-11H2,1,3-5H3/t13-,14-/m0/s1. The van der Waals surface area contributed by atoms with Gasteiger partial charge in [0, 0.05) is 32.7 Å². The molecule has 5 nitrogen and oxygen atoms in total. The van der Waals surface area contributed by atoms with Crippen LogP contribution in [0.3, 0.4) is 0 Å². The normalized spacial score (nSPS) is 21.5. The number of hydrogen-bond donors (Lipinski definition) is 1. The predicted molar refractivity (Wildman–Crippen MR) is 81.8 cm³/mol. The van der Waals surface area contributed by atoms with Crippen LogP contribution in [0.25, 0.3) is 0 Å². The van der Waals surface area contributed by atoms with Crippen molar-refractivity contribution in [3.63, 3.8) is 0 Å². The van der Waals surface area contributed by atoms with Crippen LogP contribution in [0.15, 0.2) is 12.2 Å². The van der Waals surface area contributed by atoms with Crippen molar-refractivity contribution in [1.29, 1.82) is 0 Å². The summed E-state index contributed by atoms with van der Waals surface area (Å²) in [7, 11) is 2.09. The van der Waals surface area contributed by atoms with E-state index in [1.54, 1.807) is 0 Å². The van der Waals surface area contributed by atoms with Gasteiger partial charge in [0.15, 0.2) is 0 Å². The number of carbonyl (C=O) groups excluding carboxylic acids is 1. The van der Waals surface area contributed by atoms with E-state index in [9.17, 15) is 4.79 Å². The van der Waals surface area contributed by atoms with Crippen LogP contribution < -0.4 is 5.32 Å². The maximum Gasteiger partial charge on any atom is 0.239 e. The third-order valence-electron chi connectivity index (χ3n) is 3.52. The first-order chi connectivity index (χ1) is 9.43. The molecule has 20 heavy (non-hydrogen) atoms. The van der Waals surface area contributed by atoms with E-state index in [2.05, 4.69) is 23.8 Å². The van der Waals surface area contributed by atoms with E-state index in [1.165, 1.54) is 0 Å². The minimum atomic E-state index is -0.190. The second-order valence-electron chi connectivity index (χ2n) is 5.69. The van der Waals surface area contributed by atoms with Gasteiger partial charge in [-0.2, -0.15) is 0 Å². The molecule has 1 aliphatic heterocycles. The van der Waals surface area contributed by atoms with Crippen LogP contribution in [0.2, 0.25) is 0 Å². The minimum Gasteiger partial charge on any atom is -0.374 e. The van der Waals surface area contributed by atoms with Crippen molar-refractivity contribution in [3.8, 4) is 0 Å². The maximum absolute atomic E-state index is 12.3. The highest BCUT2D eigenvalue weighted by Gasteiger charge is 2.22. The first-order valence-corrected chi connectivity index (χ1v) is 7.40. The molecule has 1 saturated heterocycles. The minimum absolute atomic E-state index is 0.125. The van der Waals surface area contributed by atoms with Gasteiger partial charge in [-0.25, -0.2) is 0 Å². The highest BCUT2D eigenvalue weighted by molar-refractivity contribution is 5.81. The number of nitrogens with one attached hydrogen (secondary N) is 1. The van der Waals surface area contributed by atoms with Crippen molar-refractivity contribution >= 4 is 5.91 Å². The topological polar surface area (TPSA) is 44.8 Å². The Kier molecular flexibility index (Phi) is 7.19. The summed E-state index contributed by atoms with van der Waals surface area (Å²) in [5, 5.41) is 3.29. The lowest BCUT2D eigenvalue weighted by molar-refractivity contribution is -0.132. The van der Waals surface area contributed by atoms with Crippen molar-refractivity contribution < 1.29 is 9.53 Å². The molecule has 2 atom stereocenters. The fourth-order valence-electron chi connectivity index (χ4n) is 2.33. The van der Waals surface area contributed by atoms with Gasteiger partial charge < -0.3 is 19.9 Å². The third kappa shape index (κ3) is 5.61. The summed E-state index contributed by atoms with van der Waals surface area (Å²) >= 11 is 0. The first-order valence-electron chi connectivity index (χ1n) is 7.40. The zero-order chi connectivity index (χ0) is 15.1. The highest BCUT2D eigenvalue weighted by atomic mass is 16.5. The molecule has 0 saturated carbocycles. The molecular formula is C15H29N3O2. The van der Waals surface area contributed by atoms with Crippen LogP contribution in [-0.2, 0) is 9.53 Å². The Hall–Kier alpha value is -0.910. The van der Waals surface area contributed by atoms with Gasteiger partial charge in [0.25, 0.3) is 0 Å². The average Bonchev–Trinajstić information content (AvgIpc) is 2.41. The number of amides is 1. The van der Waals surface area contributed by atoms with E-state index in [0.717, 1.165) is 25.3 Å². The average molecular weight is 283 g/mol. The number of rotatable bonds is 7. The monoisotopic (exact) mass is 283 g/mol. The fraction of sp³-hybridized carbons (Fsp3) is 0.800. The van der Waals surface area contributed by atoms with E-state index in [-0.39, 0.29) is 18.1 Å². The Morgan fingerprint density at radius 1 is 1.60 bits per heavy atom. The van der Waals surface area contributed by atoms with E-state index in [0.29, 0.717) is 19.6 Å². The summed E-state index contributed by atoms with van der Waals surface area (Å²) < 4.78 is 5.69. The second-order valence-corrected chi connectivity index (χ2v) is 5.69. The summed E-state index contributed by atoms with van der Waals surface area (Å²) in [5.41, 5.74) is 1.00. The number of morpholine rings is 1. The molecule has 116 valence electrons. The zero-order valence-electron chi connectivity index (χ0n) is 13.3. The number of nitrogens with zero attached hydrogens (tertiary/aromatic N) is 2. The van der Waals surface area contributed by atoms with E-state index >= 15 is 0 Å². The molecule has 1 N–H and O–H groups in total. The van der Waals surface area contributed by atoms with Gasteiger partial charge in [-0.05, 0) is 27.8 Å². The SMILES string of the molecule is C=C(C)CN(CC)C(=O)[C@H](C)NC[C@H]1CN(C)CCO1. The Bertz CT molecular complexity index is 333. The molecular weight excluding hydrogens is 254 g/mol. The summed E-state index contributed by atoms with van der Waals surface area (Å²) in [6.45, 7) is 14.4. The van der Waals surface area contributed by atoms with Crippen molar-refractivity contribution in [2.24, 2.45) is 0 Å². The zero-order valence-corrected chi connectivity index (χ0v) is 13.3. The molecule has 0 aromatic heterocycles. The van der Waals surface area contributed by atoms with Crippen LogP contribution in [-0.4, -0.2) is 74.2 Å². The second kappa shape index (κ2) is 8.39. The lowest BCUT2D eigenvalue weighted by Crippen LogP contribution is -2.50. The quantitative estimate of drug-likeness (QED) is 0.699. The van der Waals surface area contributed by atoms with Crippen LogP contribution in [0.5, 0.6) is 0 Å². The molecule has 1 fully saturated rings. The summed E-state index contributed by atoms with van der Waals surface area (Å²) in [5.74, 6) is 0.125. The molecule has 0 aliphatic carbocycles. The molecule has 1 aliphatic rings. The Labute approximate surface area is 122 Å². The number of ether oxygens (including phenoxy) is 1. The predicted octanol–water partition coefficient (Wildman–Crippen LogP) is 0.720. The van der Waals surface area contributed by atoms with Crippen molar-refractivity contribution in [3.05, 3.63) is 12.2 Å². The fourth-order valence-corrected chi connectivity index (χ4v) is 2.33. The van der Waals surface area contributed by atoms with E-state index in [4.69, 9.17) is 4.74 Å². The Balaban J connectivity index is 2.38. The lowest BCUT2D eigenvalue weighted by Gasteiger charge is -2.31. The molecule has 0 radical (unpaired) electrons. The largest absolute Gasteiger partial charge is 0.374 e. The van der Waals surface area contributed by atoms with Gasteiger partial charge >= 0.3 is 0 Å². The molecule has 1 amide bonds. The molecule has 0 spiro atoms. The van der Waals surface area contributed by atoms with Gasteiger partial charge in [-0.1, -0.05) is 12.2 Å². The molecule has 0 unspecified atom stereocenters. The Morgan fingerprint density at radius 3 is 2.85 bits per heavy atom. The smallest absolute Gasteiger partial charge is 0.239 e. The number of hydrogen-bond acceptors (Lipinski definition) is 4. The van der Waals surface area contributed by atoms with Crippen LogP contribution in [0.1, 0.15) is 20.8 Å². The van der Waals surface area contributed by atoms with Crippen LogP contribution >= 0.6 is 0 Å². The molecule has 0 aromatic carbocycles. The molecule has 1 rings (SSSR count). The first kappa shape index (κ1) is 17.1. The van der Waals surface area contributed by atoms with Gasteiger partial charge in [0.2, 0.25) is 5.91 Å². The van der Waals surface area contributed by atoms with Gasteiger partial charge in [-0.15, -0.1) is 0 Å². The summed E-state index contributed by atoms with van der Waals surface area (Å²) in [6.07, 6.45) is 0.167. The molecule has 1 heterocycles. The van der Waals surface area contributed by atoms with Gasteiger partial charge in [-0.3, -0.25) is 4.79 Å². The maximum atomic E-state index is 12.3. The van der Waals surface area contributed by atoms with Crippen molar-refractivity contribution in [2.75, 3.05) is 46.4 Å². The molecule has 0 aromatic rings. The van der Waals surface area contributed by atoms with Crippen molar-refractivity contribution in [2.45, 2.75) is 32.9 Å². The highest BCUT2D eigenvalue weighted by Crippen LogP contribution is 2.04. The summed E-state index contributed by atoms with van der Waals surface area (Å²) in [4.78, 5) is 16.4.